The highest BCUT2D eigenvalue weighted by Gasteiger charge is 2.29. The molecule has 0 aromatic heterocycles. The second-order valence-electron chi connectivity index (χ2n) is 4.73. The summed E-state index contributed by atoms with van der Waals surface area (Å²) in [5.74, 6) is -1.44. The number of ether oxygens (including phenoxy) is 1. The lowest BCUT2D eigenvalue weighted by molar-refractivity contribution is -0.141. The van der Waals surface area contributed by atoms with Crippen LogP contribution in [0.15, 0.2) is 0 Å². The smallest absolute Gasteiger partial charge is 0.320 e. The fourth-order valence-electron chi connectivity index (χ4n) is 2.03. The van der Waals surface area contributed by atoms with Crippen LogP contribution < -0.4 is 0 Å². The van der Waals surface area contributed by atoms with E-state index in [0.717, 1.165) is 6.42 Å². The van der Waals surface area contributed by atoms with Crippen molar-refractivity contribution < 1.29 is 19.4 Å². The van der Waals surface area contributed by atoms with Gasteiger partial charge in [-0.25, -0.2) is 4.79 Å². The van der Waals surface area contributed by atoms with Crippen molar-refractivity contribution in [2.75, 3.05) is 33.4 Å². The Bertz CT molecular complexity index is 308. The first-order valence-corrected chi connectivity index (χ1v) is 6.29. The third-order valence-corrected chi connectivity index (χ3v) is 3.24. The Hall–Kier alpha value is -1.30. The molecule has 0 aromatic carbocycles. The first-order chi connectivity index (χ1) is 8.47. The zero-order valence-corrected chi connectivity index (χ0v) is 11.3. The topological polar surface area (TPSA) is 70.1 Å². The molecule has 1 rings (SSSR count). The molecule has 6 heteroatoms. The lowest BCUT2D eigenvalue weighted by Gasteiger charge is -2.37. The Morgan fingerprint density at radius 1 is 1.56 bits per heavy atom. The number of nitrogens with zero attached hydrogens (tertiary/aromatic N) is 2. The molecule has 1 N–H and O–H groups in total. The van der Waals surface area contributed by atoms with Crippen LogP contribution in [-0.4, -0.2) is 66.3 Å². The van der Waals surface area contributed by atoms with Crippen LogP contribution in [-0.2, 0) is 9.53 Å². The summed E-state index contributed by atoms with van der Waals surface area (Å²) in [7, 11) is 1.64. The van der Waals surface area contributed by atoms with Gasteiger partial charge in [-0.3, -0.25) is 4.79 Å². The highest BCUT2D eigenvalue weighted by atomic mass is 16.5. The van der Waals surface area contributed by atoms with E-state index >= 15 is 0 Å². The lowest BCUT2D eigenvalue weighted by Crippen LogP contribution is -2.53. The molecule has 18 heavy (non-hydrogen) atoms. The maximum absolute atomic E-state index is 12.2. The molecule has 2 unspecified atom stereocenters. The molecule has 0 bridgehead atoms. The first kappa shape index (κ1) is 14.8. The van der Waals surface area contributed by atoms with Crippen molar-refractivity contribution in [1.82, 2.24) is 9.80 Å². The predicted molar refractivity (Wildman–Crippen MR) is 66.4 cm³/mol. The molecule has 1 saturated heterocycles. The van der Waals surface area contributed by atoms with Crippen molar-refractivity contribution in [2.45, 2.75) is 26.3 Å². The van der Waals surface area contributed by atoms with Gasteiger partial charge in [-0.1, -0.05) is 13.8 Å². The molecule has 1 aliphatic rings. The fraction of sp³-hybridized carbons (Fsp3) is 0.833. The number of carboxylic acids is 1. The summed E-state index contributed by atoms with van der Waals surface area (Å²) < 4.78 is 5.35. The van der Waals surface area contributed by atoms with Gasteiger partial charge < -0.3 is 19.6 Å². The molecule has 1 heterocycles. The third-order valence-electron chi connectivity index (χ3n) is 3.24. The Balaban J connectivity index is 2.58. The Labute approximate surface area is 107 Å². The third kappa shape index (κ3) is 3.60. The SMILES string of the molecule is CCC1COCCN1C(=O)N(C)CC(C)C(=O)O. The number of carbonyl (C=O) groups is 2. The Morgan fingerprint density at radius 2 is 2.22 bits per heavy atom. The Kier molecular flexibility index (Phi) is 5.40. The van der Waals surface area contributed by atoms with Gasteiger partial charge in [-0.05, 0) is 6.42 Å². The molecule has 2 atom stereocenters. The molecule has 1 aliphatic heterocycles. The number of aliphatic carboxylic acids is 1. The van der Waals surface area contributed by atoms with Crippen molar-refractivity contribution in [3.05, 3.63) is 0 Å². The number of hydrogen-bond donors (Lipinski definition) is 1. The zero-order chi connectivity index (χ0) is 13.7. The normalized spacial score (nSPS) is 21.5. The largest absolute Gasteiger partial charge is 0.481 e. The van der Waals surface area contributed by atoms with E-state index in [4.69, 9.17) is 9.84 Å². The van der Waals surface area contributed by atoms with Crippen molar-refractivity contribution in [2.24, 2.45) is 5.92 Å². The fourth-order valence-corrected chi connectivity index (χ4v) is 2.03. The highest BCUT2D eigenvalue weighted by molar-refractivity contribution is 5.76. The predicted octanol–water partition coefficient (Wildman–Crippen LogP) is 0.870. The van der Waals surface area contributed by atoms with Crippen molar-refractivity contribution in [3.8, 4) is 0 Å². The van der Waals surface area contributed by atoms with Gasteiger partial charge in [0, 0.05) is 20.1 Å². The van der Waals surface area contributed by atoms with Crippen LogP contribution >= 0.6 is 0 Å². The molecule has 2 amide bonds. The zero-order valence-electron chi connectivity index (χ0n) is 11.3. The summed E-state index contributed by atoms with van der Waals surface area (Å²) in [6, 6.07) is -0.0212. The van der Waals surface area contributed by atoms with Gasteiger partial charge in [0.2, 0.25) is 0 Å². The number of carbonyl (C=O) groups excluding carboxylic acids is 1. The average Bonchev–Trinajstić information content (AvgIpc) is 2.37. The van der Waals surface area contributed by atoms with Crippen molar-refractivity contribution in [1.29, 1.82) is 0 Å². The summed E-state index contributed by atoms with van der Waals surface area (Å²) in [6.07, 6.45) is 0.841. The van der Waals surface area contributed by atoms with Crippen LogP contribution in [0.4, 0.5) is 4.79 Å². The molecule has 0 aliphatic carbocycles. The summed E-state index contributed by atoms with van der Waals surface area (Å²) in [4.78, 5) is 26.3. The maximum Gasteiger partial charge on any atom is 0.320 e. The van der Waals surface area contributed by atoms with Crippen LogP contribution in [0.5, 0.6) is 0 Å². The van der Waals surface area contributed by atoms with Crippen LogP contribution in [0.2, 0.25) is 0 Å². The van der Waals surface area contributed by atoms with Crippen LogP contribution in [0.1, 0.15) is 20.3 Å². The second-order valence-corrected chi connectivity index (χ2v) is 4.73. The van der Waals surface area contributed by atoms with E-state index in [1.54, 1.807) is 18.9 Å². The summed E-state index contributed by atoms with van der Waals surface area (Å²) in [5, 5.41) is 8.85. The van der Waals surface area contributed by atoms with Gasteiger partial charge in [0.25, 0.3) is 0 Å². The average molecular weight is 258 g/mol. The Morgan fingerprint density at radius 3 is 2.78 bits per heavy atom. The number of rotatable bonds is 4. The monoisotopic (exact) mass is 258 g/mol. The molecule has 0 saturated carbocycles. The summed E-state index contributed by atoms with van der Waals surface area (Å²) in [5.41, 5.74) is 0. The first-order valence-electron chi connectivity index (χ1n) is 6.29. The van der Waals surface area contributed by atoms with Gasteiger partial charge in [0.05, 0.1) is 25.2 Å². The maximum atomic E-state index is 12.2. The van der Waals surface area contributed by atoms with E-state index in [0.29, 0.717) is 19.8 Å². The van der Waals surface area contributed by atoms with Gasteiger partial charge in [-0.15, -0.1) is 0 Å². The van der Waals surface area contributed by atoms with Gasteiger partial charge in [0.1, 0.15) is 0 Å². The second kappa shape index (κ2) is 6.58. The van der Waals surface area contributed by atoms with E-state index in [1.807, 2.05) is 6.92 Å². The van der Waals surface area contributed by atoms with Gasteiger partial charge in [0.15, 0.2) is 0 Å². The summed E-state index contributed by atoms with van der Waals surface area (Å²) in [6.45, 7) is 5.52. The molecule has 6 nitrogen and oxygen atoms in total. The molecule has 104 valence electrons. The minimum Gasteiger partial charge on any atom is -0.481 e. The number of urea groups is 1. The van der Waals surface area contributed by atoms with E-state index in [1.165, 1.54) is 4.90 Å². The van der Waals surface area contributed by atoms with E-state index in [9.17, 15) is 9.59 Å². The molecule has 0 radical (unpaired) electrons. The van der Waals surface area contributed by atoms with Crippen LogP contribution in [0.3, 0.4) is 0 Å². The highest BCUT2D eigenvalue weighted by Crippen LogP contribution is 2.13. The van der Waals surface area contributed by atoms with Gasteiger partial charge >= 0.3 is 12.0 Å². The standard InChI is InChI=1S/C12H22N2O4/c1-4-10-8-18-6-5-14(10)12(17)13(3)7-9(2)11(15)16/h9-10H,4-8H2,1-3H3,(H,15,16). The number of hydrogen-bond acceptors (Lipinski definition) is 3. The minimum absolute atomic E-state index is 0.0915. The number of carboxylic acid groups (broad SMARTS) is 1. The lowest BCUT2D eigenvalue weighted by atomic mass is 10.1. The van der Waals surface area contributed by atoms with Gasteiger partial charge in [-0.2, -0.15) is 0 Å². The number of amides is 2. The summed E-state index contributed by atoms with van der Waals surface area (Å²) >= 11 is 0. The van der Waals surface area contributed by atoms with E-state index in [-0.39, 0.29) is 18.6 Å². The van der Waals surface area contributed by atoms with Crippen molar-refractivity contribution >= 4 is 12.0 Å². The molecular weight excluding hydrogens is 236 g/mol. The van der Waals surface area contributed by atoms with Crippen molar-refractivity contribution in [3.63, 3.8) is 0 Å². The van der Waals surface area contributed by atoms with Crippen LogP contribution in [0, 0.1) is 5.92 Å². The quantitative estimate of drug-likeness (QED) is 0.812. The van der Waals surface area contributed by atoms with E-state index < -0.39 is 11.9 Å². The number of morpholine rings is 1. The molecular formula is C12H22N2O4. The molecule has 0 aromatic rings. The van der Waals surface area contributed by atoms with Crippen LogP contribution in [0.25, 0.3) is 0 Å². The van der Waals surface area contributed by atoms with E-state index in [2.05, 4.69) is 0 Å². The molecule has 0 spiro atoms. The minimum atomic E-state index is -0.885. The molecule has 1 fully saturated rings.